The summed E-state index contributed by atoms with van der Waals surface area (Å²) in [5, 5.41) is 1.16. The van der Waals surface area contributed by atoms with Crippen LogP contribution in [0.1, 0.15) is 36.3 Å². The fourth-order valence-electron chi connectivity index (χ4n) is 1.91. The van der Waals surface area contributed by atoms with Gasteiger partial charge in [0.25, 0.3) is 0 Å². The molecule has 0 aliphatic carbocycles. The van der Waals surface area contributed by atoms with E-state index in [-0.39, 0.29) is 11.7 Å². The van der Waals surface area contributed by atoms with E-state index in [0.717, 1.165) is 18.3 Å². The maximum absolute atomic E-state index is 12.0. The summed E-state index contributed by atoms with van der Waals surface area (Å²) in [5.74, 6) is 0.166. The van der Waals surface area contributed by atoms with Crippen molar-refractivity contribution in [2.24, 2.45) is 5.92 Å². The highest BCUT2D eigenvalue weighted by atomic mass is 31.0. The molecule has 0 bridgehead atoms. The van der Waals surface area contributed by atoms with E-state index < -0.39 is 0 Å². The molecule has 2 rings (SSSR count). The molecule has 0 N–H and O–H groups in total. The first-order valence-electron chi connectivity index (χ1n) is 6.50. The van der Waals surface area contributed by atoms with E-state index in [0.29, 0.717) is 5.69 Å². The Kier molecular flexibility index (Phi) is 4.49. The molecule has 19 heavy (non-hydrogen) atoms. The standard InChI is InChI=1S/C15H19N2OP/c1-3-11(2)15(18)14-9-17(10-16-14)8-12-5-4-6-13(19)7-12/h4-7,9-11H,3,8,19H2,1-2H3. The Balaban J connectivity index is 2.11. The first-order valence-corrected chi connectivity index (χ1v) is 7.08. The average Bonchev–Trinajstić information content (AvgIpc) is 2.85. The van der Waals surface area contributed by atoms with Crippen LogP contribution in [0.4, 0.5) is 0 Å². The largest absolute Gasteiger partial charge is 0.332 e. The Hall–Kier alpha value is -1.47. The van der Waals surface area contributed by atoms with Crippen molar-refractivity contribution in [3.05, 3.63) is 48.0 Å². The van der Waals surface area contributed by atoms with E-state index in [9.17, 15) is 4.79 Å². The van der Waals surface area contributed by atoms with E-state index in [2.05, 4.69) is 26.4 Å². The Morgan fingerprint density at radius 3 is 2.95 bits per heavy atom. The zero-order chi connectivity index (χ0) is 13.8. The number of imidazole rings is 1. The molecule has 3 nitrogen and oxygen atoms in total. The smallest absolute Gasteiger partial charge is 0.185 e. The Labute approximate surface area is 116 Å². The van der Waals surface area contributed by atoms with E-state index in [4.69, 9.17) is 0 Å². The van der Waals surface area contributed by atoms with Crippen LogP contribution in [-0.4, -0.2) is 15.3 Å². The van der Waals surface area contributed by atoms with E-state index in [1.807, 2.05) is 36.7 Å². The van der Waals surface area contributed by atoms with Gasteiger partial charge in [0.2, 0.25) is 0 Å². The van der Waals surface area contributed by atoms with Gasteiger partial charge in [-0.3, -0.25) is 4.79 Å². The zero-order valence-corrected chi connectivity index (χ0v) is 12.5. The maximum atomic E-state index is 12.0. The molecule has 2 unspecified atom stereocenters. The lowest BCUT2D eigenvalue weighted by Crippen LogP contribution is -2.10. The van der Waals surface area contributed by atoms with Crippen molar-refractivity contribution in [2.75, 3.05) is 0 Å². The van der Waals surface area contributed by atoms with Gasteiger partial charge in [0.1, 0.15) is 5.69 Å². The van der Waals surface area contributed by atoms with Crippen molar-refractivity contribution < 1.29 is 4.79 Å². The number of carbonyl (C=O) groups excluding carboxylic acids is 1. The van der Waals surface area contributed by atoms with Gasteiger partial charge in [-0.2, -0.15) is 0 Å². The summed E-state index contributed by atoms with van der Waals surface area (Å²) in [5.41, 5.74) is 1.77. The lowest BCUT2D eigenvalue weighted by Gasteiger charge is -2.04. The molecule has 2 atom stereocenters. The van der Waals surface area contributed by atoms with Crippen LogP contribution < -0.4 is 5.30 Å². The molecule has 0 amide bonds. The second-order valence-corrected chi connectivity index (χ2v) is 5.52. The molecule has 0 saturated carbocycles. The molecular formula is C15H19N2OP. The van der Waals surface area contributed by atoms with Crippen LogP contribution in [0.5, 0.6) is 0 Å². The number of nitrogens with zero attached hydrogens (tertiary/aromatic N) is 2. The lowest BCUT2D eigenvalue weighted by molar-refractivity contribution is 0.0922. The summed E-state index contributed by atoms with van der Waals surface area (Å²) in [6, 6.07) is 8.25. The van der Waals surface area contributed by atoms with Crippen LogP contribution in [0.3, 0.4) is 0 Å². The van der Waals surface area contributed by atoms with Gasteiger partial charge in [0.05, 0.1) is 6.33 Å². The molecule has 1 heterocycles. The number of ketones is 1. The molecule has 1 aromatic heterocycles. The third-order valence-electron chi connectivity index (χ3n) is 3.26. The lowest BCUT2D eigenvalue weighted by atomic mass is 10.0. The van der Waals surface area contributed by atoms with Crippen LogP contribution in [0.2, 0.25) is 0 Å². The van der Waals surface area contributed by atoms with Crippen molar-refractivity contribution in [2.45, 2.75) is 26.8 Å². The summed E-state index contributed by atoms with van der Waals surface area (Å²) in [4.78, 5) is 16.2. The van der Waals surface area contributed by atoms with Crippen LogP contribution in [0, 0.1) is 5.92 Å². The number of carbonyl (C=O) groups is 1. The highest BCUT2D eigenvalue weighted by molar-refractivity contribution is 7.27. The van der Waals surface area contributed by atoms with Crippen molar-refractivity contribution in [1.29, 1.82) is 0 Å². The predicted octanol–water partition coefficient (Wildman–Crippen LogP) is 2.66. The quantitative estimate of drug-likeness (QED) is 0.620. The molecule has 0 fully saturated rings. The van der Waals surface area contributed by atoms with Crippen molar-refractivity contribution in [3.63, 3.8) is 0 Å². The minimum Gasteiger partial charge on any atom is -0.332 e. The molecule has 0 saturated heterocycles. The van der Waals surface area contributed by atoms with Gasteiger partial charge in [-0.25, -0.2) is 4.98 Å². The molecule has 2 aromatic rings. The van der Waals surface area contributed by atoms with Gasteiger partial charge in [0.15, 0.2) is 5.78 Å². The zero-order valence-electron chi connectivity index (χ0n) is 11.3. The van der Waals surface area contributed by atoms with E-state index >= 15 is 0 Å². The van der Waals surface area contributed by atoms with Gasteiger partial charge in [0, 0.05) is 18.7 Å². The predicted molar refractivity (Wildman–Crippen MR) is 80.9 cm³/mol. The summed E-state index contributed by atoms with van der Waals surface area (Å²) in [7, 11) is 2.69. The number of Topliss-reactive ketones (excluding diaryl/α,β-unsaturated/α-hetero) is 1. The fraction of sp³-hybridized carbons (Fsp3) is 0.333. The molecule has 0 aliphatic heterocycles. The summed E-state index contributed by atoms with van der Waals surface area (Å²) in [6.07, 6.45) is 4.41. The third-order valence-corrected chi connectivity index (χ3v) is 3.62. The Morgan fingerprint density at radius 1 is 1.47 bits per heavy atom. The molecule has 0 radical (unpaired) electrons. The SMILES string of the molecule is CCC(C)C(=O)c1cn(Cc2cccc(P)c2)cn1. The number of hydrogen-bond acceptors (Lipinski definition) is 2. The normalized spacial score (nSPS) is 12.4. The molecule has 100 valence electrons. The van der Waals surface area contributed by atoms with Crippen LogP contribution >= 0.6 is 9.24 Å². The topological polar surface area (TPSA) is 34.9 Å². The first kappa shape index (κ1) is 14.0. The average molecular weight is 274 g/mol. The highest BCUT2D eigenvalue weighted by Crippen LogP contribution is 2.11. The van der Waals surface area contributed by atoms with Crippen LogP contribution in [0.15, 0.2) is 36.8 Å². The molecule has 1 aromatic carbocycles. The van der Waals surface area contributed by atoms with Crippen molar-refractivity contribution in [1.82, 2.24) is 9.55 Å². The van der Waals surface area contributed by atoms with Crippen LogP contribution in [0.25, 0.3) is 0 Å². The monoisotopic (exact) mass is 274 g/mol. The van der Waals surface area contributed by atoms with Gasteiger partial charge in [-0.1, -0.05) is 38.1 Å². The minimum absolute atomic E-state index is 0.0405. The number of hydrogen-bond donors (Lipinski definition) is 0. The minimum atomic E-state index is 0.0405. The summed E-state index contributed by atoms with van der Waals surface area (Å²) < 4.78 is 1.95. The highest BCUT2D eigenvalue weighted by Gasteiger charge is 2.15. The van der Waals surface area contributed by atoms with E-state index in [1.165, 1.54) is 5.56 Å². The molecule has 4 heteroatoms. The third kappa shape index (κ3) is 3.51. The maximum Gasteiger partial charge on any atom is 0.185 e. The fourth-order valence-corrected chi connectivity index (χ4v) is 2.24. The number of benzene rings is 1. The molecule has 0 spiro atoms. The van der Waals surface area contributed by atoms with Crippen molar-refractivity contribution >= 4 is 20.3 Å². The van der Waals surface area contributed by atoms with Gasteiger partial charge in [-0.15, -0.1) is 9.24 Å². The molecule has 0 aliphatic rings. The first-order chi connectivity index (χ1) is 9.10. The second kappa shape index (κ2) is 6.12. The summed E-state index contributed by atoms with van der Waals surface area (Å²) >= 11 is 0. The Morgan fingerprint density at radius 2 is 2.26 bits per heavy atom. The number of aromatic nitrogens is 2. The van der Waals surface area contributed by atoms with Gasteiger partial charge >= 0.3 is 0 Å². The van der Waals surface area contributed by atoms with Gasteiger partial charge < -0.3 is 4.57 Å². The van der Waals surface area contributed by atoms with Gasteiger partial charge in [-0.05, 0) is 17.3 Å². The Bertz CT molecular complexity index is 577. The van der Waals surface area contributed by atoms with Crippen molar-refractivity contribution in [3.8, 4) is 0 Å². The second-order valence-electron chi connectivity index (χ2n) is 4.85. The number of rotatable bonds is 5. The molecular weight excluding hydrogens is 255 g/mol. The summed E-state index contributed by atoms with van der Waals surface area (Å²) in [6.45, 7) is 4.70. The van der Waals surface area contributed by atoms with E-state index in [1.54, 1.807) is 6.33 Å². The van der Waals surface area contributed by atoms with Crippen LogP contribution in [-0.2, 0) is 6.54 Å².